The number of rotatable bonds is 4. The van der Waals surface area contributed by atoms with Crippen LogP contribution in [0.2, 0.25) is 0 Å². The van der Waals surface area contributed by atoms with E-state index in [-0.39, 0.29) is 5.56 Å². The minimum Gasteiger partial charge on any atom is -0.478 e. The molecule has 0 bridgehead atoms. The summed E-state index contributed by atoms with van der Waals surface area (Å²) >= 11 is 0. The number of amides is 1. The average molecular weight is 299 g/mol. The molecule has 0 saturated heterocycles. The Kier molecular flexibility index (Phi) is 4.54. The van der Waals surface area contributed by atoms with Crippen molar-refractivity contribution in [3.05, 3.63) is 28.8 Å². The topological polar surface area (TPSA) is 101 Å². The molecule has 0 radical (unpaired) electrons. The van der Waals surface area contributed by atoms with Crippen LogP contribution in [0.4, 0.5) is 5.69 Å². The molecule has 20 heavy (non-hydrogen) atoms. The highest BCUT2D eigenvalue weighted by Crippen LogP contribution is 2.21. The van der Waals surface area contributed by atoms with Crippen LogP contribution in [-0.4, -0.2) is 36.9 Å². The molecule has 0 heterocycles. The van der Waals surface area contributed by atoms with Gasteiger partial charge in [-0.1, -0.05) is 6.07 Å². The van der Waals surface area contributed by atoms with Crippen molar-refractivity contribution in [3.8, 4) is 0 Å². The Labute approximate surface area is 117 Å². The molecular formula is C13H17NO5S. The van der Waals surface area contributed by atoms with Crippen LogP contribution < -0.4 is 5.32 Å². The zero-order valence-electron chi connectivity index (χ0n) is 11.7. The summed E-state index contributed by atoms with van der Waals surface area (Å²) in [5.74, 6) is -1.79. The maximum absolute atomic E-state index is 11.8. The van der Waals surface area contributed by atoms with Crippen molar-refractivity contribution in [1.29, 1.82) is 0 Å². The van der Waals surface area contributed by atoms with Gasteiger partial charge in [0.2, 0.25) is 5.91 Å². The van der Waals surface area contributed by atoms with E-state index in [0.29, 0.717) is 16.8 Å². The highest BCUT2D eigenvalue weighted by atomic mass is 32.2. The van der Waals surface area contributed by atoms with E-state index in [1.807, 2.05) is 0 Å². The summed E-state index contributed by atoms with van der Waals surface area (Å²) in [7, 11) is -3.50. The van der Waals surface area contributed by atoms with Crippen molar-refractivity contribution in [1.82, 2.24) is 0 Å². The highest BCUT2D eigenvalue weighted by molar-refractivity contribution is 7.92. The third-order valence-electron chi connectivity index (χ3n) is 3.07. The number of carboxylic acid groups (broad SMARTS) is 1. The van der Waals surface area contributed by atoms with E-state index in [1.165, 1.54) is 13.0 Å². The largest absolute Gasteiger partial charge is 0.478 e. The number of carbonyl (C=O) groups excluding carboxylic acids is 1. The zero-order valence-corrected chi connectivity index (χ0v) is 12.5. The van der Waals surface area contributed by atoms with Crippen molar-refractivity contribution >= 4 is 27.4 Å². The fourth-order valence-corrected chi connectivity index (χ4v) is 2.09. The Morgan fingerprint density at radius 3 is 2.20 bits per heavy atom. The predicted molar refractivity (Wildman–Crippen MR) is 75.8 cm³/mol. The molecule has 110 valence electrons. The van der Waals surface area contributed by atoms with Crippen LogP contribution in [0.3, 0.4) is 0 Å². The molecule has 1 atom stereocenters. The summed E-state index contributed by atoms with van der Waals surface area (Å²) in [5.41, 5.74) is 1.61. The van der Waals surface area contributed by atoms with Crippen molar-refractivity contribution in [3.63, 3.8) is 0 Å². The SMILES string of the molecule is Cc1cc(C)c(C(=O)O)cc1NC(=O)C(C)S(C)(=O)=O. The Morgan fingerprint density at radius 1 is 1.20 bits per heavy atom. The second kappa shape index (κ2) is 5.62. The fraction of sp³-hybridized carbons (Fsp3) is 0.385. The smallest absolute Gasteiger partial charge is 0.336 e. The molecule has 1 aromatic carbocycles. The molecule has 2 N–H and O–H groups in total. The minimum atomic E-state index is -3.50. The van der Waals surface area contributed by atoms with Gasteiger partial charge in [0.25, 0.3) is 0 Å². The van der Waals surface area contributed by atoms with E-state index in [4.69, 9.17) is 5.11 Å². The summed E-state index contributed by atoms with van der Waals surface area (Å²) in [6, 6.07) is 2.96. The summed E-state index contributed by atoms with van der Waals surface area (Å²) in [6.45, 7) is 4.65. The number of hydrogen-bond donors (Lipinski definition) is 2. The van der Waals surface area contributed by atoms with Gasteiger partial charge >= 0.3 is 5.97 Å². The van der Waals surface area contributed by atoms with Gasteiger partial charge in [-0.2, -0.15) is 0 Å². The van der Waals surface area contributed by atoms with Crippen LogP contribution in [0.1, 0.15) is 28.4 Å². The lowest BCUT2D eigenvalue weighted by Gasteiger charge is -2.14. The lowest BCUT2D eigenvalue weighted by Crippen LogP contribution is -2.32. The van der Waals surface area contributed by atoms with Crippen LogP contribution >= 0.6 is 0 Å². The Morgan fingerprint density at radius 2 is 1.75 bits per heavy atom. The lowest BCUT2D eigenvalue weighted by molar-refractivity contribution is -0.115. The second-order valence-electron chi connectivity index (χ2n) is 4.75. The molecule has 0 spiro atoms. The van der Waals surface area contributed by atoms with Gasteiger partial charge in [-0.05, 0) is 38.0 Å². The van der Waals surface area contributed by atoms with Crippen molar-refractivity contribution < 1.29 is 23.1 Å². The molecule has 7 heteroatoms. The van der Waals surface area contributed by atoms with Gasteiger partial charge < -0.3 is 10.4 Å². The molecule has 0 fully saturated rings. The van der Waals surface area contributed by atoms with Crippen LogP contribution in [0.5, 0.6) is 0 Å². The van der Waals surface area contributed by atoms with Crippen molar-refractivity contribution in [2.24, 2.45) is 0 Å². The van der Waals surface area contributed by atoms with Gasteiger partial charge in [0, 0.05) is 11.9 Å². The molecule has 0 aliphatic rings. The molecule has 1 unspecified atom stereocenters. The van der Waals surface area contributed by atoms with E-state index in [2.05, 4.69) is 5.32 Å². The number of carbonyl (C=O) groups is 2. The van der Waals surface area contributed by atoms with Crippen molar-refractivity contribution in [2.45, 2.75) is 26.0 Å². The summed E-state index contributed by atoms with van der Waals surface area (Å²) in [6.07, 6.45) is 0.974. The van der Waals surface area contributed by atoms with Gasteiger partial charge in [-0.25, -0.2) is 13.2 Å². The normalized spacial score (nSPS) is 12.8. The Hall–Kier alpha value is -1.89. The monoisotopic (exact) mass is 299 g/mol. The zero-order chi connectivity index (χ0) is 15.7. The van der Waals surface area contributed by atoms with Crippen LogP contribution in [0, 0.1) is 13.8 Å². The first kappa shape index (κ1) is 16.2. The standard InChI is InChI=1S/C13H17NO5S/c1-7-5-8(2)11(6-10(7)13(16)17)14-12(15)9(3)20(4,18)19/h5-6,9H,1-4H3,(H,14,15)(H,16,17). The first-order valence-corrected chi connectivity index (χ1v) is 7.83. The highest BCUT2D eigenvalue weighted by Gasteiger charge is 2.24. The van der Waals surface area contributed by atoms with E-state index >= 15 is 0 Å². The van der Waals surface area contributed by atoms with Crippen LogP contribution in [-0.2, 0) is 14.6 Å². The lowest BCUT2D eigenvalue weighted by atomic mass is 10.0. The van der Waals surface area contributed by atoms with E-state index < -0.39 is 27.0 Å². The molecule has 0 aliphatic heterocycles. The predicted octanol–water partition coefficient (Wildman–Crippen LogP) is 1.37. The van der Waals surface area contributed by atoms with Gasteiger partial charge in [0.1, 0.15) is 5.25 Å². The minimum absolute atomic E-state index is 0.0675. The maximum atomic E-state index is 11.8. The number of anilines is 1. The van der Waals surface area contributed by atoms with Crippen LogP contribution in [0.15, 0.2) is 12.1 Å². The molecule has 1 amide bonds. The van der Waals surface area contributed by atoms with E-state index in [1.54, 1.807) is 19.9 Å². The third-order valence-corrected chi connectivity index (χ3v) is 4.57. The first-order valence-electron chi connectivity index (χ1n) is 5.88. The number of nitrogens with one attached hydrogen (secondary N) is 1. The fourth-order valence-electron chi connectivity index (χ4n) is 1.65. The summed E-state index contributed by atoms with van der Waals surface area (Å²) < 4.78 is 22.6. The number of hydrogen-bond acceptors (Lipinski definition) is 4. The quantitative estimate of drug-likeness (QED) is 0.874. The average Bonchev–Trinajstić information content (AvgIpc) is 2.29. The summed E-state index contributed by atoms with van der Waals surface area (Å²) in [5, 5.41) is 10.3. The molecule has 6 nitrogen and oxygen atoms in total. The van der Waals surface area contributed by atoms with Gasteiger partial charge in [0.15, 0.2) is 9.84 Å². The summed E-state index contributed by atoms with van der Waals surface area (Å²) in [4.78, 5) is 22.9. The second-order valence-corrected chi connectivity index (χ2v) is 7.11. The molecule has 0 aliphatic carbocycles. The Balaban J connectivity index is 3.13. The first-order chi connectivity index (χ1) is 9.04. The molecule has 0 saturated carbocycles. The van der Waals surface area contributed by atoms with E-state index in [9.17, 15) is 18.0 Å². The number of carboxylic acids is 1. The molecule has 0 aromatic heterocycles. The number of aryl methyl sites for hydroxylation is 2. The number of benzene rings is 1. The van der Waals surface area contributed by atoms with Gasteiger partial charge in [-0.3, -0.25) is 4.79 Å². The van der Waals surface area contributed by atoms with Gasteiger partial charge in [0.05, 0.1) is 5.56 Å². The number of aromatic carboxylic acids is 1. The third kappa shape index (κ3) is 3.57. The molecule has 1 aromatic rings. The van der Waals surface area contributed by atoms with Crippen molar-refractivity contribution in [2.75, 3.05) is 11.6 Å². The molecular weight excluding hydrogens is 282 g/mol. The Bertz CT molecular complexity index is 664. The number of sulfone groups is 1. The van der Waals surface area contributed by atoms with Crippen LogP contribution in [0.25, 0.3) is 0 Å². The molecule has 1 rings (SSSR count). The van der Waals surface area contributed by atoms with E-state index in [0.717, 1.165) is 6.26 Å². The maximum Gasteiger partial charge on any atom is 0.336 e. The van der Waals surface area contributed by atoms with Gasteiger partial charge in [-0.15, -0.1) is 0 Å².